The van der Waals surface area contributed by atoms with Gasteiger partial charge >= 0.3 is 0 Å². The summed E-state index contributed by atoms with van der Waals surface area (Å²) in [6.45, 7) is 8.59. The maximum Gasteiger partial charge on any atom is 0.260 e. The predicted octanol–water partition coefficient (Wildman–Crippen LogP) is 3.07. The molecule has 2 amide bonds. The zero-order valence-electron chi connectivity index (χ0n) is 27.5. The number of rotatable bonds is 9. The summed E-state index contributed by atoms with van der Waals surface area (Å²) in [5.74, 6) is 0.798. The smallest absolute Gasteiger partial charge is 0.260 e. The molecule has 3 aromatic rings. The number of pyridine rings is 1. The predicted molar refractivity (Wildman–Crippen MR) is 177 cm³/mol. The number of carbonyl (C=O) groups is 2. The molecule has 0 radical (unpaired) electrons. The van der Waals surface area contributed by atoms with Gasteiger partial charge < -0.3 is 29.2 Å². The van der Waals surface area contributed by atoms with Gasteiger partial charge in [0.15, 0.2) is 11.2 Å². The van der Waals surface area contributed by atoms with E-state index in [4.69, 9.17) is 19.7 Å². The van der Waals surface area contributed by atoms with Crippen LogP contribution in [0.25, 0.3) is 16.9 Å². The van der Waals surface area contributed by atoms with E-state index in [2.05, 4.69) is 28.4 Å². The first kappa shape index (κ1) is 30.5. The number of hydrogen-bond donors (Lipinski definition) is 1. The summed E-state index contributed by atoms with van der Waals surface area (Å²) < 4.78 is 17.0. The number of amides is 2. The van der Waals surface area contributed by atoms with Gasteiger partial charge in [0.2, 0.25) is 17.2 Å². The van der Waals surface area contributed by atoms with Crippen LogP contribution in [0.15, 0.2) is 16.3 Å². The summed E-state index contributed by atoms with van der Waals surface area (Å²) in [5, 5.41) is 14.7. The minimum Gasteiger partial charge on any atom is -0.480 e. The second kappa shape index (κ2) is 11.1. The first-order valence-corrected chi connectivity index (χ1v) is 17.7. The summed E-state index contributed by atoms with van der Waals surface area (Å²) >= 11 is 1.20. The monoisotopic (exact) mass is 662 g/mol. The molecule has 0 spiro atoms. The summed E-state index contributed by atoms with van der Waals surface area (Å²) in [4.78, 5) is 47.5. The Balaban J connectivity index is 1.15. The Hall–Kier alpha value is -3.78. The summed E-state index contributed by atoms with van der Waals surface area (Å²) in [6, 6.07) is -0.0673. The number of ether oxygens (including phenoxy) is 2. The SMILES string of the molecule is CCc1c(N2CCN(C(=O)c3csnc3OC)[C@H]3CC[C@@H]32)c(=O)c2nn(C3=CCOCC3)nc2n1CC(=O)NC12CC(C(C)C)(C1)C2. The minimum atomic E-state index is -0.181. The molecule has 4 aliphatic carbocycles. The Morgan fingerprint density at radius 3 is 2.62 bits per heavy atom. The Morgan fingerprint density at radius 2 is 1.96 bits per heavy atom. The zero-order valence-corrected chi connectivity index (χ0v) is 28.3. The van der Waals surface area contributed by atoms with Gasteiger partial charge in [0, 0.05) is 42.2 Å². The van der Waals surface area contributed by atoms with Crippen molar-refractivity contribution in [1.82, 2.24) is 34.2 Å². The largest absolute Gasteiger partial charge is 0.480 e. The fraction of sp³-hybridized carbons (Fsp3) is 0.636. The highest BCUT2D eigenvalue weighted by molar-refractivity contribution is 7.04. The van der Waals surface area contributed by atoms with Crippen LogP contribution in [-0.4, -0.2) is 91.7 Å². The van der Waals surface area contributed by atoms with Gasteiger partial charge in [-0.3, -0.25) is 14.4 Å². The van der Waals surface area contributed by atoms with Gasteiger partial charge in [-0.05, 0) is 67.5 Å². The van der Waals surface area contributed by atoms with Crippen molar-refractivity contribution in [3.8, 4) is 5.88 Å². The van der Waals surface area contributed by atoms with Crippen LogP contribution in [-0.2, 0) is 22.5 Å². The summed E-state index contributed by atoms with van der Waals surface area (Å²) in [5.41, 5.74) is 3.45. The topological polar surface area (TPSA) is 137 Å². The number of carbonyl (C=O) groups excluding carboxylic acids is 2. The second-order valence-electron chi connectivity index (χ2n) is 14.3. The maximum atomic E-state index is 14.5. The van der Waals surface area contributed by atoms with Crippen LogP contribution in [0.2, 0.25) is 0 Å². The molecule has 13 nitrogen and oxygen atoms in total. The van der Waals surface area contributed by atoms with E-state index in [0.29, 0.717) is 73.3 Å². The minimum absolute atomic E-state index is 0.0238. The van der Waals surface area contributed by atoms with Gasteiger partial charge in [0.05, 0.1) is 32.1 Å². The Bertz CT molecular complexity index is 1840. The Kier molecular flexibility index (Phi) is 7.25. The molecule has 47 heavy (non-hydrogen) atoms. The molecule has 6 aliphatic rings. The van der Waals surface area contributed by atoms with E-state index in [0.717, 1.165) is 43.5 Å². The van der Waals surface area contributed by atoms with E-state index in [9.17, 15) is 14.4 Å². The van der Waals surface area contributed by atoms with Crippen LogP contribution < -0.4 is 20.4 Å². The number of piperazine rings is 1. The number of anilines is 1. The molecular weight excluding hydrogens is 620 g/mol. The number of methoxy groups -OCH3 is 1. The number of nitrogens with one attached hydrogen (secondary N) is 1. The van der Waals surface area contributed by atoms with Gasteiger partial charge in [-0.15, -0.1) is 10.2 Å². The van der Waals surface area contributed by atoms with E-state index in [1.54, 1.807) is 10.2 Å². The standard InChI is InChI=1S/C33H42N8O5S/c1-5-22-27(38-10-11-39(24-7-6-23(24)38)31(44)21-15-47-37-30(21)45-4)28(43)26-29(36-41(35-26)20-8-12-46-13-9-20)40(22)14-25(42)34-33-16-32(17-33,18-33)19(2)3/h8,15,19,23-24H,5-7,9-14,16-18H2,1-4H3,(H,34,42)/t23-,24-,32?,33?/m0/s1. The quantitative estimate of drug-likeness (QED) is 0.367. The van der Waals surface area contributed by atoms with Crippen molar-refractivity contribution in [1.29, 1.82) is 0 Å². The average molecular weight is 663 g/mol. The van der Waals surface area contributed by atoms with Crippen molar-refractivity contribution >= 4 is 45.9 Å². The fourth-order valence-corrected chi connectivity index (χ4v) is 9.44. The van der Waals surface area contributed by atoms with Crippen LogP contribution in [0.4, 0.5) is 5.69 Å². The van der Waals surface area contributed by atoms with Gasteiger partial charge in [-0.25, -0.2) is 0 Å². The zero-order chi connectivity index (χ0) is 32.7. The first-order valence-electron chi connectivity index (χ1n) is 16.8. The van der Waals surface area contributed by atoms with E-state index in [1.807, 2.05) is 22.5 Å². The molecule has 2 aliphatic heterocycles. The molecule has 2 atom stereocenters. The highest BCUT2D eigenvalue weighted by atomic mass is 32.1. The average Bonchev–Trinajstić information content (AvgIpc) is 3.68. The van der Waals surface area contributed by atoms with E-state index in [-0.39, 0.29) is 46.9 Å². The summed E-state index contributed by atoms with van der Waals surface area (Å²) in [6.07, 6.45) is 7.89. The van der Waals surface area contributed by atoms with Crippen molar-refractivity contribution < 1.29 is 19.1 Å². The molecule has 0 unspecified atom stereocenters. The molecule has 4 saturated carbocycles. The second-order valence-corrected chi connectivity index (χ2v) is 14.9. The highest BCUT2D eigenvalue weighted by Crippen LogP contribution is 2.70. The first-order chi connectivity index (χ1) is 22.7. The molecule has 250 valence electrons. The van der Waals surface area contributed by atoms with Crippen molar-refractivity contribution in [2.45, 2.75) is 89.9 Å². The van der Waals surface area contributed by atoms with Crippen molar-refractivity contribution in [3.63, 3.8) is 0 Å². The number of fused-ring (bicyclic) bond motifs is 2. The Labute approximate surface area is 277 Å². The molecule has 3 aromatic heterocycles. The van der Waals surface area contributed by atoms with Gasteiger partial charge in [-0.1, -0.05) is 20.8 Å². The normalized spacial score (nSPS) is 27.9. The van der Waals surface area contributed by atoms with Gasteiger partial charge in [0.1, 0.15) is 17.8 Å². The third-order valence-corrected chi connectivity index (χ3v) is 12.1. The molecule has 5 fully saturated rings. The highest BCUT2D eigenvalue weighted by Gasteiger charge is 2.69. The van der Waals surface area contributed by atoms with Gasteiger partial charge in [0.25, 0.3) is 5.91 Å². The number of hydrogen-bond acceptors (Lipinski definition) is 10. The third kappa shape index (κ3) is 4.65. The molecular formula is C33H42N8O5S. The van der Waals surface area contributed by atoms with Gasteiger partial charge in [-0.2, -0.15) is 9.17 Å². The van der Waals surface area contributed by atoms with Crippen LogP contribution in [0.5, 0.6) is 5.88 Å². The molecule has 5 heterocycles. The van der Waals surface area contributed by atoms with Crippen LogP contribution in [0, 0.1) is 11.3 Å². The van der Waals surface area contributed by atoms with E-state index < -0.39 is 0 Å². The molecule has 1 saturated heterocycles. The van der Waals surface area contributed by atoms with Crippen LogP contribution in [0.3, 0.4) is 0 Å². The number of nitrogens with zero attached hydrogens (tertiary/aromatic N) is 7. The van der Waals surface area contributed by atoms with E-state index in [1.165, 1.54) is 18.6 Å². The molecule has 14 heteroatoms. The lowest BCUT2D eigenvalue weighted by atomic mass is 9.36. The third-order valence-electron chi connectivity index (χ3n) is 11.5. The van der Waals surface area contributed by atoms with Crippen molar-refractivity contribution in [2.75, 3.05) is 38.3 Å². The van der Waals surface area contributed by atoms with Crippen molar-refractivity contribution in [3.05, 3.63) is 32.9 Å². The van der Waals surface area contributed by atoms with Crippen LogP contribution >= 0.6 is 11.5 Å². The van der Waals surface area contributed by atoms with Crippen molar-refractivity contribution in [2.24, 2.45) is 11.3 Å². The fourth-order valence-electron chi connectivity index (χ4n) is 8.81. The Morgan fingerprint density at radius 1 is 1.17 bits per heavy atom. The van der Waals surface area contributed by atoms with E-state index >= 15 is 0 Å². The molecule has 9 rings (SSSR count). The number of aromatic nitrogens is 5. The molecule has 1 N–H and O–H groups in total. The summed E-state index contributed by atoms with van der Waals surface area (Å²) in [7, 11) is 1.52. The lowest BCUT2D eigenvalue weighted by molar-refractivity contribution is -0.187. The lowest BCUT2D eigenvalue weighted by Crippen LogP contribution is -2.76. The van der Waals surface area contributed by atoms with Crippen LogP contribution in [0.1, 0.15) is 75.3 Å². The molecule has 2 bridgehead atoms. The maximum absolute atomic E-state index is 14.5. The molecule has 0 aromatic carbocycles. The lowest BCUT2D eigenvalue weighted by Gasteiger charge is -2.72.